The van der Waals surface area contributed by atoms with E-state index in [4.69, 9.17) is 4.74 Å². The van der Waals surface area contributed by atoms with Crippen LogP contribution in [0.5, 0.6) is 5.75 Å². The molecule has 1 fully saturated rings. The molecule has 1 aliphatic carbocycles. The van der Waals surface area contributed by atoms with Gasteiger partial charge in [-0.05, 0) is 36.8 Å². The number of ketones is 1. The third-order valence-corrected chi connectivity index (χ3v) is 7.09. The van der Waals surface area contributed by atoms with Gasteiger partial charge in [-0.15, -0.1) is 0 Å². The first-order chi connectivity index (χ1) is 20.4. The number of hydrogen-bond acceptors (Lipinski definition) is 5. The molecule has 234 valence electrons. The molecule has 0 aromatic heterocycles. The first-order valence-electron chi connectivity index (χ1n) is 14.0. The van der Waals surface area contributed by atoms with Crippen molar-refractivity contribution in [2.45, 2.75) is 70.9 Å². The maximum atomic E-state index is 14.1. The van der Waals surface area contributed by atoms with Crippen LogP contribution in [-0.4, -0.2) is 42.2 Å². The van der Waals surface area contributed by atoms with Crippen LogP contribution in [0.2, 0.25) is 0 Å². The Bertz CT molecular complexity index is 1310. The first kappa shape index (κ1) is 33.5. The molecule has 8 nitrogen and oxygen atoms in total. The molecule has 2 aromatic rings. The molecule has 3 rings (SSSR count). The van der Waals surface area contributed by atoms with Crippen molar-refractivity contribution in [3.05, 3.63) is 59.4 Å². The fraction of sp³-hybridized carbons (Fsp3) is 0.467. The van der Waals surface area contributed by atoms with Gasteiger partial charge in [-0.1, -0.05) is 58.1 Å². The maximum Gasteiger partial charge on any atom is 0.313 e. The molecule has 1 saturated carbocycles. The summed E-state index contributed by atoms with van der Waals surface area (Å²) >= 11 is 0. The molecule has 13 heteroatoms. The lowest BCUT2D eigenvalue weighted by Crippen LogP contribution is -2.54. The Morgan fingerprint density at radius 3 is 2.07 bits per heavy atom. The van der Waals surface area contributed by atoms with Crippen LogP contribution in [0.15, 0.2) is 30.3 Å². The van der Waals surface area contributed by atoms with Crippen molar-refractivity contribution in [2.24, 2.45) is 11.8 Å². The van der Waals surface area contributed by atoms with Crippen molar-refractivity contribution in [3.8, 4) is 5.75 Å². The number of benzene rings is 2. The molecular formula is C30H34F5N3O5. The Morgan fingerprint density at radius 2 is 1.47 bits per heavy atom. The average Bonchev–Trinajstić information content (AvgIpc) is 2.96. The van der Waals surface area contributed by atoms with E-state index in [9.17, 15) is 41.1 Å². The summed E-state index contributed by atoms with van der Waals surface area (Å²) in [6.45, 7) is 2.50. The number of para-hydroxylation sites is 1. The van der Waals surface area contributed by atoms with Crippen molar-refractivity contribution in [3.63, 3.8) is 0 Å². The molecule has 0 aliphatic heterocycles. The maximum absolute atomic E-state index is 14.1. The molecule has 3 N–H and O–H groups in total. The fourth-order valence-electron chi connectivity index (χ4n) is 4.89. The summed E-state index contributed by atoms with van der Waals surface area (Å²) < 4.78 is 74.1. The van der Waals surface area contributed by atoms with E-state index in [0.29, 0.717) is 0 Å². The summed E-state index contributed by atoms with van der Waals surface area (Å²) in [5.41, 5.74) is -0.239. The van der Waals surface area contributed by atoms with E-state index in [2.05, 4.69) is 16.0 Å². The predicted molar refractivity (Wildman–Crippen MR) is 146 cm³/mol. The molecule has 0 bridgehead atoms. The molecule has 1 aliphatic rings. The molecule has 0 heterocycles. The first-order valence-corrected chi connectivity index (χ1v) is 14.0. The van der Waals surface area contributed by atoms with Crippen LogP contribution in [-0.2, 0) is 19.2 Å². The van der Waals surface area contributed by atoms with Gasteiger partial charge in [0.05, 0.1) is 11.7 Å². The number of carbonyl (C=O) groups is 4. The van der Waals surface area contributed by atoms with Crippen LogP contribution in [0.1, 0.15) is 58.8 Å². The number of halogens is 5. The van der Waals surface area contributed by atoms with Crippen LogP contribution in [0.25, 0.3) is 0 Å². The van der Waals surface area contributed by atoms with Gasteiger partial charge in [-0.2, -0.15) is 8.78 Å². The van der Waals surface area contributed by atoms with E-state index < -0.39 is 77.0 Å². The number of rotatable bonds is 12. The molecule has 0 radical (unpaired) electrons. The predicted octanol–water partition coefficient (Wildman–Crippen LogP) is 4.95. The lowest BCUT2D eigenvalue weighted by atomic mass is 9.84. The molecule has 43 heavy (non-hydrogen) atoms. The second-order valence-corrected chi connectivity index (χ2v) is 10.9. The van der Waals surface area contributed by atoms with Crippen LogP contribution >= 0.6 is 0 Å². The summed E-state index contributed by atoms with van der Waals surface area (Å²) in [6, 6.07) is 2.67. The Balaban J connectivity index is 1.75. The van der Waals surface area contributed by atoms with Gasteiger partial charge in [0, 0.05) is 6.07 Å². The monoisotopic (exact) mass is 611 g/mol. The minimum atomic E-state index is -1.81. The highest BCUT2D eigenvalue weighted by Crippen LogP contribution is 2.29. The van der Waals surface area contributed by atoms with E-state index in [0.717, 1.165) is 38.2 Å². The lowest BCUT2D eigenvalue weighted by Gasteiger charge is -2.28. The highest BCUT2D eigenvalue weighted by Gasteiger charge is 2.32. The second-order valence-electron chi connectivity index (χ2n) is 10.9. The summed E-state index contributed by atoms with van der Waals surface area (Å²) in [5, 5.41) is 6.99. The van der Waals surface area contributed by atoms with Gasteiger partial charge >= 0.3 is 11.8 Å². The number of amides is 3. The van der Waals surface area contributed by atoms with Gasteiger partial charge in [0.1, 0.15) is 18.5 Å². The standard InChI is InChI=1S/C30H34F5N3O5/c1-16(2)12-23(38-30(42)29(41)36-21-11-7-6-10-18(21)31)28(40)37-22(13-17-8-4-3-5-9-17)24(39)15-43-27-25(34)19(32)14-20(33)26(27)35/h6-7,10-11,14,16-17,22-23H,3-5,8-9,12-13,15H2,1-2H3,(H,36,41)(H,37,40)(H,38,42)/t22-,23-/m0/s1. The Hall–Kier alpha value is -4.03. The zero-order valence-corrected chi connectivity index (χ0v) is 23.8. The quantitative estimate of drug-likeness (QED) is 0.179. The SMILES string of the molecule is CC(C)C[C@H](NC(=O)C(=O)Nc1ccccc1F)C(=O)N[C@@H](CC1CCCCC1)C(=O)COc1c(F)c(F)cc(F)c1F. The van der Waals surface area contributed by atoms with Gasteiger partial charge in [0.25, 0.3) is 0 Å². The number of anilines is 1. The average molecular weight is 612 g/mol. The topological polar surface area (TPSA) is 114 Å². The van der Waals surface area contributed by atoms with Gasteiger partial charge in [0.15, 0.2) is 23.2 Å². The zero-order valence-electron chi connectivity index (χ0n) is 23.8. The normalized spacial score (nSPS) is 15.0. The van der Waals surface area contributed by atoms with E-state index in [1.165, 1.54) is 18.2 Å². The van der Waals surface area contributed by atoms with E-state index in [1.807, 2.05) is 0 Å². The summed E-state index contributed by atoms with van der Waals surface area (Å²) in [6.07, 6.45) is 4.54. The molecule has 3 amide bonds. The number of carbonyl (C=O) groups excluding carboxylic acids is 4. The number of Topliss-reactive ketones (excluding diaryl/α,β-unsaturated/α-hetero) is 1. The summed E-state index contributed by atoms with van der Waals surface area (Å²) in [4.78, 5) is 51.6. The van der Waals surface area contributed by atoms with Gasteiger partial charge < -0.3 is 20.7 Å². The van der Waals surface area contributed by atoms with E-state index in [-0.39, 0.29) is 36.4 Å². The highest BCUT2D eigenvalue weighted by atomic mass is 19.2. The number of hydrogen-bond donors (Lipinski definition) is 3. The second kappa shape index (κ2) is 15.4. The van der Waals surface area contributed by atoms with Crippen LogP contribution < -0.4 is 20.7 Å². The van der Waals surface area contributed by atoms with Crippen molar-refractivity contribution < 1.29 is 45.9 Å². The Kier molecular flexibility index (Phi) is 12.0. The van der Waals surface area contributed by atoms with E-state index >= 15 is 0 Å². The molecule has 0 unspecified atom stereocenters. The van der Waals surface area contributed by atoms with Crippen molar-refractivity contribution >= 4 is 29.2 Å². The minimum Gasteiger partial charge on any atom is -0.479 e. The highest BCUT2D eigenvalue weighted by molar-refractivity contribution is 6.40. The van der Waals surface area contributed by atoms with Crippen LogP contribution in [0, 0.1) is 40.9 Å². The molecule has 2 atom stereocenters. The third kappa shape index (κ3) is 9.48. The van der Waals surface area contributed by atoms with E-state index in [1.54, 1.807) is 13.8 Å². The van der Waals surface area contributed by atoms with Crippen LogP contribution in [0.4, 0.5) is 27.6 Å². The molecule has 0 spiro atoms. The van der Waals surface area contributed by atoms with Gasteiger partial charge in [0.2, 0.25) is 17.5 Å². The largest absolute Gasteiger partial charge is 0.479 e. The van der Waals surface area contributed by atoms with Crippen LogP contribution in [0.3, 0.4) is 0 Å². The smallest absolute Gasteiger partial charge is 0.313 e. The van der Waals surface area contributed by atoms with Gasteiger partial charge in [-0.25, -0.2) is 13.2 Å². The molecule has 2 aromatic carbocycles. The zero-order chi connectivity index (χ0) is 31.7. The van der Waals surface area contributed by atoms with Crippen molar-refractivity contribution in [1.82, 2.24) is 10.6 Å². The summed E-state index contributed by atoms with van der Waals surface area (Å²) in [5.74, 6) is -13.4. The number of nitrogens with one attached hydrogen (secondary N) is 3. The summed E-state index contributed by atoms with van der Waals surface area (Å²) in [7, 11) is 0. The molecular weight excluding hydrogens is 577 g/mol. The Morgan fingerprint density at radius 1 is 0.837 bits per heavy atom. The lowest BCUT2D eigenvalue weighted by molar-refractivity contribution is -0.138. The van der Waals surface area contributed by atoms with Crippen molar-refractivity contribution in [1.29, 1.82) is 0 Å². The third-order valence-electron chi connectivity index (χ3n) is 7.09. The number of ether oxygens (including phenoxy) is 1. The minimum absolute atomic E-state index is 0.00518. The Labute approximate surface area is 245 Å². The van der Waals surface area contributed by atoms with Gasteiger partial charge in [-0.3, -0.25) is 19.2 Å². The fourth-order valence-corrected chi connectivity index (χ4v) is 4.89. The molecule has 0 saturated heterocycles. The van der Waals surface area contributed by atoms with Crippen molar-refractivity contribution in [2.75, 3.05) is 11.9 Å².